The predicted octanol–water partition coefficient (Wildman–Crippen LogP) is 12.9. The van der Waals surface area contributed by atoms with Crippen molar-refractivity contribution in [1.29, 1.82) is 0 Å². The van der Waals surface area contributed by atoms with Crippen molar-refractivity contribution in [1.82, 2.24) is 0 Å². The van der Waals surface area contributed by atoms with Crippen LogP contribution < -0.4 is 0 Å². The van der Waals surface area contributed by atoms with E-state index in [1.165, 1.54) is 89.9 Å². The number of rotatable bonds is 20. The Labute approximate surface area is 225 Å². The van der Waals surface area contributed by atoms with Gasteiger partial charge in [0.1, 0.15) is 0 Å². The lowest BCUT2D eigenvalue weighted by atomic mass is 9.90. The van der Waals surface area contributed by atoms with Crippen molar-refractivity contribution in [3.8, 4) is 0 Å². The Kier molecular flexibility index (Phi) is 15.3. The summed E-state index contributed by atoms with van der Waals surface area (Å²) in [5, 5.41) is 1.49. The highest BCUT2D eigenvalue weighted by molar-refractivity contribution is 7.79. The summed E-state index contributed by atoms with van der Waals surface area (Å²) >= 11 is 0. The van der Waals surface area contributed by atoms with E-state index in [2.05, 4.69) is 41.5 Å². The van der Waals surface area contributed by atoms with Crippen LogP contribution in [0.3, 0.4) is 0 Å². The van der Waals surface area contributed by atoms with Gasteiger partial charge in [0.25, 0.3) is 0 Å². The standard InChI is InChI=1S/C33H66P2/c1-7-13-17-23-31(24-18-14-8-2)27-21-29-34(31)33(11-5,12-6)35-30-22-28-32(35,25-19-15-9-3)26-20-16-10-4/h7-30H2,1-6H3. The predicted molar refractivity (Wildman–Crippen MR) is 167 cm³/mol. The van der Waals surface area contributed by atoms with Gasteiger partial charge in [-0.1, -0.05) is 134 Å². The maximum Gasteiger partial charge on any atom is 0.0111 e. The molecule has 2 heterocycles. The van der Waals surface area contributed by atoms with Crippen molar-refractivity contribution in [3.63, 3.8) is 0 Å². The van der Waals surface area contributed by atoms with Gasteiger partial charge in [0, 0.05) is 4.90 Å². The molecule has 0 radical (unpaired) electrons. The van der Waals surface area contributed by atoms with Crippen molar-refractivity contribution >= 4 is 15.8 Å². The zero-order valence-corrected chi connectivity index (χ0v) is 27.2. The van der Waals surface area contributed by atoms with Crippen LogP contribution in [0.4, 0.5) is 0 Å². The maximum absolute atomic E-state index is 2.66. The lowest BCUT2D eigenvalue weighted by molar-refractivity contribution is 0.422. The number of hydrogen-bond donors (Lipinski definition) is 0. The molecule has 2 fully saturated rings. The summed E-state index contributed by atoms with van der Waals surface area (Å²) in [5.74, 6) is 0. The molecule has 0 aromatic heterocycles. The summed E-state index contributed by atoms with van der Waals surface area (Å²) in [4.78, 5) is 0.731. The molecule has 2 aliphatic rings. The van der Waals surface area contributed by atoms with E-state index in [1.54, 1.807) is 63.7 Å². The van der Waals surface area contributed by atoms with Gasteiger partial charge in [-0.3, -0.25) is 0 Å². The van der Waals surface area contributed by atoms with E-state index in [9.17, 15) is 0 Å². The van der Waals surface area contributed by atoms with Gasteiger partial charge >= 0.3 is 0 Å². The Morgan fingerprint density at radius 3 is 1.06 bits per heavy atom. The van der Waals surface area contributed by atoms with E-state index in [1.807, 2.05) is 0 Å². The third-order valence-electron chi connectivity index (χ3n) is 10.3. The molecule has 2 saturated heterocycles. The van der Waals surface area contributed by atoms with Crippen LogP contribution in [-0.2, 0) is 0 Å². The van der Waals surface area contributed by atoms with E-state index < -0.39 is 0 Å². The summed E-state index contributed by atoms with van der Waals surface area (Å²) in [5.41, 5.74) is 0. The molecule has 2 atom stereocenters. The average Bonchev–Trinajstić information content (AvgIpc) is 3.48. The third kappa shape index (κ3) is 7.94. The largest absolute Gasteiger partial charge is 0.0895 e. The van der Waals surface area contributed by atoms with Crippen molar-refractivity contribution in [3.05, 3.63) is 0 Å². The monoisotopic (exact) mass is 524 g/mol. The van der Waals surface area contributed by atoms with Gasteiger partial charge in [-0.05, 0) is 86.8 Å². The van der Waals surface area contributed by atoms with Gasteiger partial charge < -0.3 is 0 Å². The lowest BCUT2D eigenvalue weighted by Gasteiger charge is -2.56. The number of unbranched alkanes of at least 4 members (excludes halogenated alkanes) is 8. The van der Waals surface area contributed by atoms with Crippen LogP contribution in [0.25, 0.3) is 0 Å². The molecule has 35 heavy (non-hydrogen) atoms. The van der Waals surface area contributed by atoms with Crippen LogP contribution in [0.15, 0.2) is 0 Å². The summed E-state index contributed by atoms with van der Waals surface area (Å²) in [6.07, 6.45) is 36.4. The first-order valence-electron chi connectivity index (χ1n) is 16.6. The SMILES string of the molecule is CCCCCC1(CCCCC)CCCP1C(CC)(CC)P1CCCC1(CCCCC)CCCCC. The van der Waals surface area contributed by atoms with Crippen LogP contribution >= 0.6 is 15.8 Å². The zero-order valence-electron chi connectivity index (χ0n) is 25.4. The van der Waals surface area contributed by atoms with Gasteiger partial charge in [0.2, 0.25) is 0 Å². The van der Waals surface area contributed by atoms with Crippen molar-refractivity contribution in [2.45, 2.75) is 198 Å². The van der Waals surface area contributed by atoms with Gasteiger partial charge in [-0.15, -0.1) is 0 Å². The molecule has 2 rings (SSSR count). The smallest absolute Gasteiger partial charge is 0.0111 e. The molecule has 0 N–H and O–H groups in total. The molecule has 0 amide bonds. The topological polar surface area (TPSA) is 0 Å². The second-order valence-electron chi connectivity index (χ2n) is 12.5. The molecule has 0 nitrogen and oxygen atoms in total. The minimum Gasteiger partial charge on any atom is -0.0895 e. The minimum absolute atomic E-state index is 0.148. The summed E-state index contributed by atoms with van der Waals surface area (Å²) in [7, 11) is 0.296. The molecule has 0 aromatic rings. The average molecular weight is 525 g/mol. The Morgan fingerprint density at radius 1 is 0.486 bits per heavy atom. The fraction of sp³-hybridized carbons (Fsp3) is 1.00. The first-order valence-corrected chi connectivity index (χ1v) is 19.7. The van der Waals surface area contributed by atoms with Crippen LogP contribution in [0.2, 0.25) is 0 Å². The van der Waals surface area contributed by atoms with Crippen molar-refractivity contribution in [2.24, 2.45) is 0 Å². The fourth-order valence-corrected chi connectivity index (χ4v) is 20.1. The molecule has 2 unspecified atom stereocenters. The minimum atomic E-state index is 0.148. The van der Waals surface area contributed by atoms with Crippen LogP contribution in [-0.4, -0.2) is 27.5 Å². The lowest BCUT2D eigenvalue weighted by Crippen LogP contribution is -2.39. The Hall–Kier alpha value is 0.860. The first kappa shape index (κ1) is 32.1. The van der Waals surface area contributed by atoms with Gasteiger partial charge in [0.15, 0.2) is 0 Å². The summed E-state index contributed by atoms with van der Waals surface area (Å²) in [6.45, 7) is 15.0. The molecule has 2 heteroatoms. The van der Waals surface area contributed by atoms with Gasteiger partial charge in [0.05, 0.1) is 0 Å². The van der Waals surface area contributed by atoms with Crippen molar-refractivity contribution < 1.29 is 0 Å². The highest BCUT2D eigenvalue weighted by Gasteiger charge is 2.58. The highest BCUT2D eigenvalue weighted by atomic mass is 31.2. The molecule has 0 spiro atoms. The van der Waals surface area contributed by atoms with Crippen molar-refractivity contribution in [2.75, 3.05) is 12.3 Å². The highest BCUT2D eigenvalue weighted by Crippen LogP contribution is 2.84. The van der Waals surface area contributed by atoms with E-state index >= 15 is 0 Å². The van der Waals surface area contributed by atoms with E-state index in [0.717, 1.165) is 15.2 Å². The second-order valence-corrected chi connectivity index (χ2v) is 19.0. The summed E-state index contributed by atoms with van der Waals surface area (Å²) in [6, 6.07) is 0. The van der Waals surface area contributed by atoms with Gasteiger partial charge in [-0.25, -0.2) is 0 Å². The van der Waals surface area contributed by atoms with Crippen LogP contribution in [0.5, 0.6) is 0 Å². The zero-order chi connectivity index (χ0) is 25.6. The van der Waals surface area contributed by atoms with Crippen LogP contribution in [0, 0.1) is 0 Å². The molecule has 0 aliphatic carbocycles. The van der Waals surface area contributed by atoms with E-state index in [0.29, 0.717) is 0 Å². The maximum atomic E-state index is 2.66. The van der Waals surface area contributed by atoms with E-state index in [-0.39, 0.29) is 15.8 Å². The molecule has 0 saturated carbocycles. The molecule has 0 bridgehead atoms. The summed E-state index contributed by atoms with van der Waals surface area (Å²) < 4.78 is 0. The molecular weight excluding hydrogens is 458 g/mol. The van der Waals surface area contributed by atoms with E-state index in [4.69, 9.17) is 0 Å². The Bertz CT molecular complexity index is 473. The second kappa shape index (κ2) is 16.7. The van der Waals surface area contributed by atoms with Crippen LogP contribution in [0.1, 0.15) is 183 Å². The normalized spacial score (nSPS) is 23.8. The third-order valence-corrected chi connectivity index (χ3v) is 20.2. The molecule has 2 aliphatic heterocycles. The van der Waals surface area contributed by atoms with Gasteiger partial charge in [-0.2, -0.15) is 0 Å². The first-order chi connectivity index (χ1) is 17.0. The number of hydrogen-bond acceptors (Lipinski definition) is 0. The molecular formula is C33H66P2. The molecule has 0 aromatic carbocycles. The molecule has 208 valence electrons. The Morgan fingerprint density at radius 2 is 0.800 bits per heavy atom. The Balaban J connectivity index is 2.44. The fourth-order valence-electron chi connectivity index (χ4n) is 8.44. The quantitative estimate of drug-likeness (QED) is 0.110.